The summed E-state index contributed by atoms with van der Waals surface area (Å²) in [7, 11) is 0. The summed E-state index contributed by atoms with van der Waals surface area (Å²) in [6.07, 6.45) is 4.92. The molecule has 4 heteroatoms. The van der Waals surface area contributed by atoms with E-state index in [1.54, 1.807) is 0 Å². The van der Waals surface area contributed by atoms with Crippen LogP contribution in [0.15, 0.2) is 12.2 Å². The molecule has 0 aromatic heterocycles. The lowest BCUT2D eigenvalue weighted by atomic mass is 9.85. The third-order valence-electron chi connectivity index (χ3n) is 3.38. The molecule has 0 bridgehead atoms. The summed E-state index contributed by atoms with van der Waals surface area (Å²) in [5.74, 6) is 0.551. The van der Waals surface area contributed by atoms with Crippen molar-refractivity contribution >= 4 is 6.09 Å². The minimum absolute atomic E-state index is 0.174. The van der Waals surface area contributed by atoms with Crippen molar-refractivity contribution in [3.63, 3.8) is 0 Å². The smallest absolute Gasteiger partial charge is 0.412 e. The monoisotopic (exact) mass is 239 g/mol. The summed E-state index contributed by atoms with van der Waals surface area (Å²) in [4.78, 5) is 13.4. The molecule has 1 fully saturated rings. The zero-order valence-corrected chi connectivity index (χ0v) is 10.7. The Morgan fingerprint density at radius 2 is 2.00 bits per heavy atom. The van der Waals surface area contributed by atoms with Gasteiger partial charge in [0.1, 0.15) is 11.8 Å². The van der Waals surface area contributed by atoms with Gasteiger partial charge in [0.05, 0.1) is 0 Å². The van der Waals surface area contributed by atoms with Gasteiger partial charge < -0.3 is 9.84 Å². The van der Waals surface area contributed by atoms with Gasteiger partial charge in [-0.05, 0) is 39.5 Å². The molecule has 1 aliphatic carbocycles. The molecule has 2 rings (SSSR count). The number of amides is 1. The van der Waals surface area contributed by atoms with Crippen molar-refractivity contribution in [1.82, 2.24) is 4.90 Å². The molecule has 0 aromatic rings. The van der Waals surface area contributed by atoms with Gasteiger partial charge in [0, 0.05) is 12.5 Å². The van der Waals surface area contributed by atoms with Crippen LogP contribution in [0.25, 0.3) is 0 Å². The second kappa shape index (κ2) is 4.33. The van der Waals surface area contributed by atoms with Crippen LogP contribution in [0.2, 0.25) is 0 Å². The third kappa shape index (κ3) is 2.63. The third-order valence-corrected chi connectivity index (χ3v) is 3.38. The van der Waals surface area contributed by atoms with Gasteiger partial charge in [-0.3, -0.25) is 4.90 Å². The van der Waals surface area contributed by atoms with Crippen molar-refractivity contribution in [3.8, 4) is 0 Å². The fourth-order valence-electron chi connectivity index (χ4n) is 2.56. The average molecular weight is 239 g/mol. The summed E-state index contributed by atoms with van der Waals surface area (Å²) in [5.41, 5.74) is -0.511. The minimum Gasteiger partial charge on any atom is -0.444 e. The van der Waals surface area contributed by atoms with Gasteiger partial charge in [0.25, 0.3) is 0 Å². The first-order valence-corrected chi connectivity index (χ1v) is 6.21. The quantitative estimate of drug-likeness (QED) is 0.659. The second-order valence-electron chi connectivity index (χ2n) is 5.91. The van der Waals surface area contributed by atoms with E-state index in [1.165, 1.54) is 4.90 Å². The molecule has 3 atom stereocenters. The van der Waals surface area contributed by atoms with Gasteiger partial charge in [0.2, 0.25) is 0 Å². The number of hydrogen-bond acceptors (Lipinski definition) is 3. The van der Waals surface area contributed by atoms with Gasteiger partial charge in [-0.25, -0.2) is 4.79 Å². The highest BCUT2D eigenvalue weighted by atomic mass is 16.6. The molecule has 1 amide bonds. The Kier molecular flexibility index (Phi) is 3.17. The number of ether oxygens (including phenoxy) is 1. The minimum atomic E-state index is -0.695. The van der Waals surface area contributed by atoms with Gasteiger partial charge >= 0.3 is 6.09 Å². The van der Waals surface area contributed by atoms with E-state index < -0.39 is 17.9 Å². The largest absolute Gasteiger partial charge is 0.444 e. The van der Waals surface area contributed by atoms with Gasteiger partial charge in [0.15, 0.2) is 0 Å². The van der Waals surface area contributed by atoms with Crippen LogP contribution in [0, 0.1) is 11.8 Å². The van der Waals surface area contributed by atoms with Crippen LogP contribution in [0.3, 0.4) is 0 Å². The predicted octanol–water partition coefficient (Wildman–Crippen LogP) is 2.14. The first kappa shape index (κ1) is 12.4. The first-order valence-electron chi connectivity index (χ1n) is 6.21. The van der Waals surface area contributed by atoms with Crippen LogP contribution in [-0.2, 0) is 4.74 Å². The van der Waals surface area contributed by atoms with Crippen LogP contribution < -0.4 is 0 Å². The average Bonchev–Trinajstić information content (AvgIpc) is 2.55. The summed E-state index contributed by atoms with van der Waals surface area (Å²) in [6.45, 7) is 6.11. The highest BCUT2D eigenvalue weighted by Gasteiger charge is 2.44. The lowest BCUT2D eigenvalue weighted by Crippen LogP contribution is -2.41. The Balaban J connectivity index is 2.02. The van der Waals surface area contributed by atoms with E-state index in [-0.39, 0.29) is 5.92 Å². The number of carbonyl (C=O) groups is 1. The van der Waals surface area contributed by atoms with Crippen LogP contribution >= 0.6 is 0 Å². The van der Waals surface area contributed by atoms with Gasteiger partial charge in [-0.1, -0.05) is 12.2 Å². The number of aliphatic hydroxyl groups excluding tert-OH is 1. The molecule has 0 saturated carbocycles. The highest BCUT2D eigenvalue weighted by molar-refractivity contribution is 5.68. The number of nitrogens with zero attached hydrogens (tertiary/aromatic N) is 1. The molecule has 1 saturated heterocycles. The summed E-state index contributed by atoms with van der Waals surface area (Å²) < 4.78 is 5.30. The molecule has 96 valence electrons. The molecule has 1 N–H and O–H groups in total. The fraction of sp³-hybridized carbons (Fsp3) is 0.769. The zero-order chi connectivity index (χ0) is 12.6. The maximum absolute atomic E-state index is 11.9. The lowest BCUT2D eigenvalue weighted by molar-refractivity contribution is -0.0256. The molecule has 1 aliphatic heterocycles. The summed E-state index contributed by atoms with van der Waals surface area (Å²) >= 11 is 0. The number of aliphatic hydroxyl groups is 1. The lowest BCUT2D eigenvalue weighted by Gasteiger charge is -2.27. The number of carbonyl (C=O) groups excluding carboxylic acids is 1. The molecule has 0 spiro atoms. The van der Waals surface area contributed by atoms with E-state index >= 15 is 0 Å². The molecular formula is C13H21NO3. The molecule has 0 aromatic carbocycles. The van der Waals surface area contributed by atoms with Crippen LogP contribution in [0.1, 0.15) is 33.6 Å². The maximum atomic E-state index is 11.9. The van der Waals surface area contributed by atoms with Crippen LogP contribution in [-0.4, -0.2) is 34.5 Å². The zero-order valence-electron chi connectivity index (χ0n) is 10.7. The van der Waals surface area contributed by atoms with Gasteiger partial charge in [-0.2, -0.15) is 0 Å². The van der Waals surface area contributed by atoms with Crippen molar-refractivity contribution < 1.29 is 14.6 Å². The molecule has 1 heterocycles. The molecule has 3 unspecified atom stereocenters. The number of allylic oxidation sites excluding steroid dienone is 2. The van der Waals surface area contributed by atoms with E-state index in [9.17, 15) is 9.90 Å². The Morgan fingerprint density at radius 1 is 1.35 bits per heavy atom. The van der Waals surface area contributed by atoms with E-state index in [0.717, 1.165) is 12.8 Å². The fourth-order valence-corrected chi connectivity index (χ4v) is 2.56. The topological polar surface area (TPSA) is 49.8 Å². The van der Waals surface area contributed by atoms with Crippen molar-refractivity contribution in [3.05, 3.63) is 12.2 Å². The van der Waals surface area contributed by atoms with E-state index in [2.05, 4.69) is 12.2 Å². The van der Waals surface area contributed by atoms with E-state index in [0.29, 0.717) is 12.5 Å². The molecule has 4 nitrogen and oxygen atoms in total. The van der Waals surface area contributed by atoms with E-state index in [1.807, 2.05) is 20.8 Å². The number of hydrogen-bond donors (Lipinski definition) is 1. The van der Waals surface area contributed by atoms with Gasteiger partial charge in [-0.15, -0.1) is 0 Å². The number of likely N-dealkylation sites (tertiary alicyclic amines) is 1. The SMILES string of the molecule is CC(C)(C)OC(=O)N1CC2CC=CCC2C1O. The number of fused-ring (bicyclic) bond motifs is 1. The summed E-state index contributed by atoms with van der Waals surface area (Å²) in [6, 6.07) is 0. The molecule has 2 aliphatic rings. The molecule has 17 heavy (non-hydrogen) atoms. The Hall–Kier alpha value is -1.03. The van der Waals surface area contributed by atoms with Crippen molar-refractivity contribution in [1.29, 1.82) is 0 Å². The standard InChI is InChI=1S/C13H21NO3/c1-13(2,3)17-12(16)14-8-9-6-4-5-7-10(9)11(14)15/h4-5,9-11,15H,6-8H2,1-3H3. The van der Waals surface area contributed by atoms with Crippen LogP contribution in [0.5, 0.6) is 0 Å². The molecular weight excluding hydrogens is 218 g/mol. The Morgan fingerprint density at radius 3 is 2.59 bits per heavy atom. The first-order chi connectivity index (χ1) is 7.88. The van der Waals surface area contributed by atoms with Crippen LogP contribution in [0.4, 0.5) is 4.79 Å². The maximum Gasteiger partial charge on any atom is 0.412 e. The van der Waals surface area contributed by atoms with Crippen molar-refractivity contribution in [2.75, 3.05) is 6.54 Å². The molecule has 0 radical (unpaired) electrons. The Labute approximate surface area is 102 Å². The number of rotatable bonds is 0. The van der Waals surface area contributed by atoms with E-state index in [4.69, 9.17) is 4.74 Å². The second-order valence-corrected chi connectivity index (χ2v) is 5.91. The Bertz CT molecular complexity index is 332. The summed E-state index contributed by atoms with van der Waals surface area (Å²) in [5, 5.41) is 10.1. The van der Waals surface area contributed by atoms with Crippen molar-refractivity contribution in [2.45, 2.75) is 45.4 Å². The predicted molar refractivity (Wildman–Crippen MR) is 64.3 cm³/mol. The van der Waals surface area contributed by atoms with Crippen molar-refractivity contribution in [2.24, 2.45) is 11.8 Å². The highest BCUT2D eigenvalue weighted by Crippen LogP contribution is 2.37. The normalized spacial score (nSPS) is 32.5.